The van der Waals surface area contributed by atoms with Crippen LogP contribution in [0.1, 0.15) is 0 Å². The Labute approximate surface area is 127 Å². The molecule has 0 radical (unpaired) electrons. The minimum absolute atomic E-state index is 0.508. The fourth-order valence-corrected chi connectivity index (χ4v) is 2.13. The lowest BCUT2D eigenvalue weighted by Crippen LogP contribution is -2.52. The van der Waals surface area contributed by atoms with Crippen LogP contribution in [0.25, 0.3) is 0 Å². The van der Waals surface area contributed by atoms with Gasteiger partial charge in [-0.25, -0.2) is 4.79 Å². The van der Waals surface area contributed by atoms with Crippen molar-refractivity contribution in [1.82, 2.24) is 9.80 Å². The average Bonchev–Trinajstić information content (AvgIpc) is 2.71. The summed E-state index contributed by atoms with van der Waals surface area (Å²) in [5.41, 5.74) is 0. The Hall–Kier alpha value is -1.05. The van der Waals surface area contributed by atoms with Gasteiger partial charge in [-0.1, -0.05) is 0 Å². The van der Waals surface area contributed by atoms with Gasteiger partial charge in [0, 0.05) is 28.4 Å². The first kappa shape index (κ1) is 19.0. The lowest BCUT2D eigenvalue weighted by Gasteiger charge is -2.31. The van der Waals surface area contributed by atoms with Gasteiger partial charge in [-0.3, -0.25) is 9.80 Å². The maximum Gasteiger partial charge on any atom is 0.328 e. The van der Waals surface area contributed by atoms with Crippen molar-refractivity contribution in [3.63, 3.8) is 0 Å². The summed E-state index contributed by atoms with van der Waals surface area (Å²) in [5, 5.41) is 39.9. The number of hydrogen-bond donors (Lipinski definition) is 4. The van der Waals surface area contributed by atoms with Gasteiger partial charge in [0.05, 0.1) is 0 Å². The Bertz CT molecular complexity index is 331. The molecule has 2 amide bonds. The minimum atomic E-state index is -1.82. The van der Waals surface area contributed by atoms with Crippen molar-refractivity contribution >= 4 is 6.03 Å². The zero-order chi connectivity index (χ0) is 17.0. The second kappa shape index (κ2) is 7.99. The molecule has 0 spiro atoms. The Morgan fingerprint density at radius 3 is 1.32 bits per heavy atom. The van der Waals surface area contributed by atoms with Gasteiger partial charge >= 0.3 is 6.03 Å². The first-order chi connectivity index (χ1) is 10.3. The molecule has 4 atom stereocenters. The van der Waals surface area contributed by atoms with E-state index in [2.05, 4.69) is 0 Å². The highest BCUT2D eigenvalue weighted by molar-refractivity contribution is 5.77. The summed E-state index contributed by atoms with van der Waals surface area (Å²) in [6, 6.07) is -1.06. The molecule has 0 bridgehead atoms. The fraction of sp³-hybridized carbons (Fsp3) is 0.909. The largest absolute Gasteiger partial charge is 0.369 e. The first-order valence-electron chi connectivity index (χ1n) is 6.29. The standard InChI is InChI=1S/C11H22N2O9/c1-19-9(20-2)7(16)12-5(14)6(15)13(11(12)18)8(17)10(21-3)22-4/h5-10,14-17H,1-4H3. The van der Waals surface area contributed by atoms with Crippen LogP contribution in [0, 0.1) is 0 Å². The van der Waals surface area contributed by atoms with Crippen LogP contribution < -0.4 is 0 Å². The van der Waals surface area contributed by atoms with Crippen LogP contribution in [0.2, 0.25) is 0 Å². The summed E-state index contributed by atoms with van der Waals surface area (Å²) in [5.74, 6) is 0. The van der Waals surface area contributed by atoms with Gasteiger partial charge in [0.25, 0.3) is 0 Å². The van der Waals surface area contributed by atoms with E-state index in [9.17, 15) is 25.2 Å². The van der Waals surface area contributed by atoms with E-state index < -0.39 is 43.5 Å². The topological polar surface area (TPSA) is 141 Å². The molecule has 4 N–H and O–H groups in total. The maximum absolute atomic E-state index is 12.3. The third-order valence-corrected chi connectivity index (χ3v) is 3.26. The van der Waals surface area contributed by atoms with Gasteiger partial charge in [0.2, 0.25) is 12.6 Å². The second-order valence-electron chi connectivity index (χ2n) is 4.43. The van der Waals surface area contributed by atoms with E-state index in [0.717, 1.165) is 0 Å². The number of amides is 2. The lowest BCUT2D eigenvalue weighted by atomic mass is 10.4. The third-order valence-electron chi connectivity index (χ3n) is 3.26. The molecule has 130 valence electrons. The van der Waals surface area contributed by atoms with Gasteiger partial charge in [-0.15, -0.1) is 0 Å². The van der Waals surface area contributed by atoms with Crippen molar-refractivity contribution in [2.45, 2.75) is 37.5 Å². The van der Waals surface area contributed by atoms with Crippen molar-refractivity contribution in [3.05, 3.63) is 0 Å². The summed E-state index contributed by atoms with van der Waals surface area (Å²) in [6.45, 7) is 0. The summed E-state index contributed by atoms with van der Waals surface area (Å²) >= 11 is 0. The SMILES string of the molecule is COC(OC)C(O)N1C(=O)N(C(O)C(OC)OC)C(O)C1O. The molecule has 1 heterocycles. The summed E-state index contributed by atoms with van der Waals surface area (Å²) in [4.78, 5) is 13.3. The third kappa shape index (κ3) is 3.31. The average molecular weight is 326 g/mol. The minimum Gasteiger partial charge on any atom is -0.369 e. The van der Waals surface area contributed by atoms with E-state index in [1.54, 1.807) is 0 Å². The van der Waals surface area contributed by atoms with Gasteiger partial charge in [-0.05, 0) is 0 Å². The molecule has 1 saturated heterocycles. The van der Waals surface area contributed by atoms with Gasteiger partial charge in [-0.2, -0.15) is 0 Å². The zero-order valence-electron chi connectivity index (χ0n) is 12.7. The van der Waals surface area contributed by atoms with Crippen molar-refractivity contribution < 1.29 is 44.2 Å². The molecule has 11 heteroatoms. The summed E-state index contributed by atoms with van der Waals surface area (Å²) in [7, 11) is 4.89. The predicted octanol–water partition coefficient (Wildman–Crippen LogP) is -2.76. The maximum atomic E-state index is 12.3. The van der Waals surface area contributed by atoms with E-state index in [1.807, 2.05) is 0 Å². The molecule has 0 saturated carbocycles. The highest BCUT2D eigenvalue weighted by atomic mass is 16.7. The number of aliphatic hydroxyl groups excluding tert-OH is 4. The van der Waals surface area contributed by atoms with E-state index in [-0.39, 0.29) is 0 Å². The number of aliphatic hydroxyl groups is 4. The number of methoxy groups -OCH3 is 4. The molecule has 1 rings (SSSR count). The Kier molecular flexibility index (Phi) is 6.90. The van der Waals surface area contributed by atoms with Crippen LogP contribution in [0.15, 0.2) is 0 Å². The van der Waals surface area contributed by atoms with Crippen LogP contribution in [-0.4, -0.2) is 102 Å². The predicted molar refractivity (Wildman–Crippen MR) is 68.7 cm³/mol. The molecule has 0 aromatic heterocycles. The highest BCUT2D eigenvalue weighted by Crippen LogP contribution is 2.26. The molecule has 1 aliphatic heterocycles. The summed E-state index contributed by atoms with van der Waals surface area (Å²) < 4.78 is 19.2. The number of hydrogen-bond acceptors (Lipinski definition) is 9. The Morgan fingerprint density at radius 1 is 0.818 bits per heavy atom. The summed E-state index contributed by atoms with van der Waals surface area (Å²) in [6.07, 6.45) is -9.59. The number of carbonyl (C=O) groups excluding carboxylic acids is 1. The number of nitrogens with zero attached hydrogens (tertiary/aromatic N) is 2. The number of carbonyl (C=O) groups is 1. The molecule has 11 nitrogen and oxygen atoms in total. The smallest absolute Gasteiger partial charge is 0.328 e. The molecule has 22 heavy (non-hydrogen) atoms. The second-order valence-corrected chi connectivity index (χ2v) is 4.43. The van der Waals surface area contributed by atoms with Crippen molar-refractivity contribution in [3.8, 4) is 0 Å². The van der Waals surface area contributed by atoms with Crippen LogP contribution in [0.5, 0.6) is 0 Å². The Balaban J connectivity index is 2.99. The van der Waals surface area contributed by atoms with Crippen LogP contribution in [0.4, 0.5) is 4.79 Å². The number of rotatable bonds is 8. The van der Waals surface area contributed by atoms with E-state index in [0.29, 0.717) is 9.80 Å². The molecule has 0 aromatic rings. The molecule has 1 aliphatic rings. The first-order valence-corrected chi connectivity index (χ1v) is 6.29. The van der Waals surface area contributed by atoms with Crippen molar-refractivity contribution in [2.75, 3.05) is 28.4 Å². The Morgan fingerprint density at radius 2 is 1.09 bits per heavy atom. The van der Waals surface area contributed by atoms with Crippen LogP contribution in [-0.2, 0) is 18.9 Å². The lowest BCUT2D eigenvalue weighted by molar-refractivity contribution is -0.229. The number of ether oxygens (including phenoxy) is 4. The van der Waals surface area contributed by atoms with Crippen molar-refractivity contribution in [1.29, 1.82) is 0 Å². The van der Waals surface area contributed by atoms with E-state index in [1.165, 1.54) is 28.4 Å². The van der Waals surface area contributed by atoms with Gasteiger partial charge in [0.15, 0.2) is 24.9 Å². The molecule has 0 aliphatic carbocycles. The quantitative estimate of drug-likeness (QED) is 0.349. The van der Waals surface area contributed by atoms with E-state index in [4.69, 9.17) is 18.9 Å². The molecule has 0 aromatic carbocycles. The fourth-order valence-electron chi connectivity index (χ4n) is 2.13. The van der Waals surface area contributed by atoms with Crippen LogP contribution in [0.3, 0.4) is 0 Å². The highest BCUT2D eigenvalue weighted by Gasteiger charge is 2.52. The zero-order valence-corrected chi connectivity index (χ0v) is 12.7. The molecule has 4 unspecified atom stereocenters. The van der Waals surface area contributed by atoms with E-state index >= 15 is 0 Å². The van der Waals surface area contributed by atoms with Crippen molar-refractivity contribution in [2.24, 2.45) is 0 Å². The van der Waals surface area contributed by atoms with Gasteiger partial charge in [0.1, 0.15) is 0 Å². The number of urea groups is 1. The van der Waals surface area contributed by atoms with Gasteiger partial charge < -0.3 is 39.4 Å². The molecular weight excluding hydrogens is 304 g/mol. The molecule has 1 fully saturated rings. The molecular formula is C11H22N2O9. The van der Waals surface area contributed by atoms with Crippen LogP contribution >= 0.6 is 0 Å². The monoisotopic (exact) mass is 326 g/mol. The normalized spacial score (nSPS) is 25.5.